The Kier molecular flexibility index (Phi) is 3.24. The summed E-state index contributed by atoms with van der Waals surface area (Å²) in [6.07, 6.45) is 6.68. The number of nitrogens with two attached hydrogens (primary N) is 1. The first-order chi connectivity index (χ1) is 7.74. The second kappa shape index (κ2) is 4.65. The standard InChI is InChI=1S/C11H18N4O/c1-14-7-5-13-10(11(14)16)15-6-3-2-4-9(15)8-12/h5,7,9H,2-4,6,8,12H2,1H3. The molecule has 2 N–H and O–H groups in total. The highest BCUT2D eigenvalue weighted by Crippen LogP contribution is 2.19. The summed E-state index contributed by atoms with van der Waals surface area (Å²) in [4.78, 5) is 18.2. The molecular formula is C11H18N4O. The van der Waals surface area contributed by atoms with Crippen LogP contribution in [0.4, 0.5) is 5.82 Å². The van der Waals surface area contributed by atoms with Gasteiger partial charge in [0.15, 0.2) is 5.82 Å². The number of aromatic nitrogens is 2. The van der Waals surface area contributed by atoms with Crippen LogP contribution in [-0.4, -0.2) is 28.7 Å². The average Bonchev–Trinajstić information content (AvgIpc) is 2.33. The number of hydrogen-bond donors (Lipinski definition) is 1. The van der Waals surface area contributed by atoms with E-state index in [0.717, 1.165) is 19.4 Å². The molecule has 0 bridgehead atoms. The van der Waals surface area contributed by atoms with Gasteiger partial charge >= 0.3 is 0 Å². The van der Waals surface area contributed by atoms with E-state index in [0.29, 0.717) is 12.4 Å². The minimum Gasteiger partial charge on any atom is -0.348 e. The summed E-state index contributed by atoms with van der Waals surface area (Å²) in [6, 6.07) is 0.261. The molecule has 0 saturated carbocycles. The Morgan fingerprint density at radius 2 is 2.38 bits per heavy atom. The molecule has 16 heavy (non-hydrogen) atoms. The highest BCUT2D eigenvalue weighted by molar-refractivity contribution is 5.38. The van der Waals surface area contributed by atoms with E-state index in [1.807, 2.05) is 0 Å². The van der Waals surface area contributed by atoms with Crippen molar-refractivity contribution in [1.82, 2.24) is 9.55 Å². The molecule has 1 aromatic rings. The van der Waals surface area contributed by atoms with E-state index in [9.17, 15) is 4.79 Å². The smallest absolute Gasteiger partial charge is 0.293 e. The van der Waals surface area contributed by atoms with Crippen LogP contribution in [0.15, 0.2) is 17.2 Å². The third-order valence-electron chi connectivity index (χ3n) is 3.17. The minimum atomic E-state index is -0.0390. The predicted octanol–water partition coefficient (Wildman–Crippen LogP) is 0.0979. The highest BCUT2D eigenvalue weighted by atomic mass is 16.1. The van der Waals surface area contributed by atoms with Gasteiger partial charge in [0.25, 0.3) is 5.56 Å². The first-order valence-electron chi connectivity index (χ1n) is 5.72. The van der Waals surface area contributed by atoms with E-state index in [2.05, 4.69) is 9.88 Å². The molecule has 0 aromatic carbocycles. The van der Waals surface area contributed by atoms with Gasteiger partial charge in [0, 0.05) is 38.6 Å². The summed E-state index contributed by atoms with van der Waals surface area (Å²) >= 11 is 0. The fourth-order valence-corrected chi connectivity index (χ4v) is 2.21. The Morgan fingerprint density at radius 3 is 3.12 bits per heavy atom. The molecule has 2 heterocycles. The molecule has 1 unspecified atom stereocenters. The Bertz CT molecular complexity index is 415. The molecule has 0 aliphatic carbocycles. The molecule has 88 valence electrons. The van der Waals surface area contributed by atoms with Crippen LogP contribution in [0.1, 0.15) is 19.3 Å². The van der Waals surface area contributed by atoms with Gasteiger partial charge in [0.2, 0.25) is 0 Å². The monoisotopic (exact) mass is 222 g/mol. The highest BCUT2D eigenvalue weighted by Gasteiger charge is 2.24. The minimum absolute atomic E-state index is 0.0390. The Labute approximate surface area is 94.9 Å². The van der Waals surface area contributed by atoms with Crippen molar-refractivity contribution in [3.05, 3.63) is 22.7 Å². The second-order valence-electron chi connectivity index (χ2n) is 4.25. The van der Waals surface area contributed by atoms with Crippen LogP contribution < -0.4 is 16.2 Å². The van der Waals surface area contributed by atoms with Crippen LogP contribution >= 0.6 is 0 Å². The molecule has 2 rings (SSSR count). The summed E-state index contributed by atoms with van der Waals surface area (Å²) < 4.78 is 1.56. The fraction of sp³-hybridized carbons (Fsp3) is 0.636. The van der Waals surface area contributed by atoms with Crippen molar-refractivity contribution in [3.8, 4) is 0 Å². The normalized spacial score (nSPS) is 21.1. The second-order valence-corrected chi connectivity index (χ2v) is 4.25. The summed E-state index contributed by atoms with van der Waals surface area (Å²) in [5.74, 6) is 0.542. The molecule has 1 aliphatic heterocycles. The summed E-state index contributed by atoms with van der Waals surface area (Å²) in [5, 5.41) is 0. The zero-order valence-corrected chi connectivity index (χ0v) is 9.59. The largest absolute Gasteiger partial charge is 0.348 e. The van der Waals surface area contributed by atoms with Crippen LogP contribution in [0.3, 0.4) is 0 Å². The summed E-state index contributed by atoms with van der Waals surface area (Å²) in [6.45, 7) is 1.47. The maximum Gasteiger partial charge on any atom is 0.293 e. The predicted molar refractivity (Wildman–Crippen MR) is 63.5 cm³/mol. The van der Waals surface area contributed by atoms with E-state index >= 15 is 0 Å². The molecular weight excluding hydrogens is 204 g/mol. The van der Waals surface area contributed by atoms with Gasteiger partial charge in [-0.2, -0.15) is 0 Å². The quantitative estimate of drug-likeness (QED) is 0.770. The first-order valence-corrected chi connectivity index (χ1v) is 5.72. The van der Waals surface area contributed by atoms with Crippen molar-refractivity contribution >= 4 is 5.82 Å². The molecule has 1 aromatic heterocycles. The fourth-order valence-electron chi connectivity index (χ4n) is 2.21. The zero-order chi connectivity index (χ0) is 11.5. The third-order valence-corrected chi connectivity index (χ3v) is 3.17. The lowest BCUT2D eigenvalue weighted by atomic mass is 10.0. The van der Waals surface area contributed by atoms with Crippen LogP contribution in [-0.2, 0) is 7.05 Å². The summed E-state index contributed by atoms with van der Waals surface area (Å²) in [5.41, 5.74) is 5.70. The van der Waals surface area contributed by atoms with Crippen LogP contribution in [0, 0.1) is 0 Å². The zero-order valence-electron chi connectivity index (χ0n) is 9.59. The van der Waals surface area contributed by atoms with Gasteiger partial charge in [0.05, 0.1) is 0 Å². The topological polar surface area (TPSA) is 64.2 Å². The lowest BCUT2D eigenvalue weighted by Crippen LogP contribution is -2.47. The molecule has 1 aliphatic rings. The Hall–Kier alpha value is -1.36. The van der Waals surface area contributed by atoms with E-state index in [-0.39, 0.29) is 11.6 Å². The Morgan fingerprint density at radius 1 is 1.56 bits per heavy atom. The van der Waals surface area contributed by atoms with E-state index in [1.54, 1.807) is 24.0 Å². The molecule has 1 atom stereocenters. The SMILES string of the molecule is Cn1ccnc(N2CCCCC2CN)c1=O. The maximum absolute atomic E-state index is 11.9. The average molecular weight is 222 g/mol. The van der Waals surface area contributed by atoms with Crippen molar-refractivity contribution in [3.63, 3.8) is 0 Å². The number of piperidine rings is 1. The molecule has 1 fully saturated rings. The first kappa shape index (κ1) is 11.1. The number of anilines is 1. The maximum atomic E-state index is 11.9. The van der Waals surface area contributed by atoms with Crippen molar-refractivity contribution in [2.45, 2.75) is 25.3 Å². The van der Waals surface area contributed by atoms with Gasteiger partial charge in [-0.3, -0.25) is 4.79 Å². The van der Waals surface area contributed by atoms with Crippen LogP contribution in [0.5, 0.6) is 0 Å². The molecule has 0 amide bonds. The van der Waals surface area contributed by atoms with Gasteiger partial charge in [-0.15, -0.1) is 0 Å². The Balaban J connectivity index is 2.34. The van der Waals surface area contributed by atoms with Crippen molar-refractivity contribution in [1.29, 1.82) is 0 Å². The molecule has 0 spiro atoms. The number of hydrogen-bond acceptors (Lipinski definition) is 4. The van der Waals surface area contributed by atoms with Crippen molar-refractivity contribution in [2.75, 3.05) is 18.0 Å². The molecule has 5 heteroatoms. The van der Waals surface area contributed by atoms with E-state index in [1.165, 1.54) is 6.42 Å². The van der Waals surface area contributed by atoms with Crippen LogP contribution in [0.2, 0.25) is 0 Å². The summed E-state index contributed by atoms with van der Waals surface area (Å²) in [7, 11) is 1.74. The van der Waals surface area contributed by atoms with Crippen LogP contribution in [0.25, 0.3) is 0 Å². The van der Waals surface area contributed by atoms with Crippen molar-refractivity contribution in [2.24, 2.45) is 12.8 Å². The number of rotatable bonds is 2. The van der Waals surface area contributed by atoms with Gasteiger partial charge in [-0.05, 0) is 19.3 Å². The van der Waals surface area contributed by atoms with Gasteiger partial charge in [0.1, 0.15) is 0 Å². The van der Waals surface area contributed by atoms with E-state index in [4.69, 9.17) is 5.73 Å². The lowest BCUT2D eigenvalue weighted by Gasteiger charge is -2.35. The molecule has 1 saturated heterocycles. The number of nitrogens with zero attached hydrogens (tertiary/aromatic N) is 3. The molecule has 0 radical (unpaired) electrons. The lowest BCUT2D eigenvalue weighted by molar-refractivity contribution is 0.459. The van der Waals surface area contributed by atoms with Gasteiger partial charge in [-0.25, -0.2) is 4.98 Å². The van der Waals surface area contributed by atoms with Gasteiger partial charge in [-0.1, -0.05) is 0 Å². The van der Waals surface area contributed by atoms with E-state index < -0.39 is 0 Å². The number of aryl methyl sites for hydroxylation is 1. The van der Waals surface area contributed by atoms with Gasteiger partial charge < -0.3 is 15.2 Å². The third kappa shape index (κ3) is 1.95. The molecule has 5 nitrogen and oxygen atoms in total. The van der Waals surface area contributed by atoms with Crippen molar-refractivity contribution < 1.29 is 0 Å².